The molecule has 4 nitrogen and oxygen atoms in total. The third-order valence-corrected chi connectivity index (χ3v) is 6.11. The van der Waals surface area contributed by atoms with E-state index >= 15 is 0 Å². The first-order valence-corrected chi connectivity index (χ1v) is 9.98. The molecule has 0 amide bonds. The van der Waals surface area contributed by atoms with E-state index in [0.29, 0.717) is 17.9 Å². The second-order valence-corrected chi connectivity index (χ2v) is 8.12. The van der Waals surface area contributed by atoms with Gasteiger partial charge in [0, 0.05) is 27.4 Å². The predicted molar refractivity (Wildman–Crippen MR) is 111 cm³/mol. The van der Waals surface area contributed by atoms with Gasteiger partial charge in [-0.15, -0.1) is 11.3 Å². The second-order valence-electron chi connectivity index (χ2n) is 6.15. The number of nitrogens with zero attached hydrogens (tertiary/aromatic N) is 1. The summed E-state index contributed by atoms with van der Waals surface area (Å²) in [6, 6.07) is 10.7. The zero-order valence-electron chi connectivity index (χ0n) is 14.4. The summed E-state index contributed by atoms with van der Waals surface area (Å²) >= 11 is 4.87. The van der Waals surface area contributed by atoms with E-state index in [1.54, 1.807) is 0 Å². The second kappa shape index (κ2) is 7.44. The molecule has 28 heavy (non-hydrogen) atoms. The van der Waals surface area contributed by atoms with Gasteiger partial charge in [0.1, 0.15) is 23.2 Å². The fourth-order valence-electron chi connectivity index (χ4n) is 3.09. The lowest BCUT2D eigenvalue weighted by Crippen LogP contribution is -2.29. The van der Waals surface area contributed by atoms with Gasteiger partial charge in [0.2, 0.25) is 0 Å². The van der Waals surface area contributed by atoms with Crippen LogP contribution in [0.2, 0.25) is 0 Å². The average Bonchev–Trinajstić information content (AvgIpc) is 3.02. The number of rotatable bonds is 3. The van der Waals surface area contributed by atoms with Crippen LogP contribution < -0.4 is 9.64 Å². The van der Waals surface area contributed by atoms with Crippen LogP contribution in [0.15, 0.2) is 46.9 Å². The van der Waals surface area contributed by atoms with Crippen molar-refractivity contribution in [3.05, 3.63) is 69.0 Å². The van der Waals surface area contributed by atoms with Crippen molar-refractivity contribution < 1.29 is 13.5 Å². The van der Waals surface area contributed by atoms with Gasteiger partial charge < -0.3 is 4.74 Å². The van der Waals surface area contributed by atoms with E-state index in [4.69, 9.17) is 15.6 Å². The van der Waals surface area contributed by atoms with Crippen molar-refractivity contribution in [1.29, 1.82) is 10.8 Å². The highest BCUT2D eigenvalue weighted by Gasteiger charge is 2.23. The Bertz CT molecular complexity index is 1100. The minimum absolute atomic E-state index is 0.0449. The Hall–Kier alpha value is -2.58. The van der Waals surface area contributed by atoms with Gasteiger partial charge in [0.05, 0.1) is 23.5 Å². The van der Waals surface area contributed by atoms with E-state index in [-0.39, 0.29) is 11.5 Å². The number of fused-ring (bicyclic) bond motifs is 3. The molecule has 8 heteroatoms. The van der Waals surface area contributed by atoms with Gasteiger partial charge in [-0.2, -0.15) is 0 Å². The number of hydrogen-bond donors (Lipinski definition) is 2. The minimum Gasteiger partial charge on any atom is -0.493 e. The van der Waals surface area contributed by atoms with Gasteiger partial charge in [-0.05, 0) is 42.0 Å². The predicted octanol–water partition coefficient (Wildman–Crippen LogP) is 5.83. The molecule has 0 aliphatic carbocycles. The monoisotopic (exact) mass is 461 g/mol. The van der Waals surface area contributed by atoms with Gasteiger partial charge in [-0.1, -0.05) is 15.9 Å². The molecule has 0 spiro atoms. The van der Waals surface area contributed by atoms with Crippen LogP contribution in [0.3, 0.4) is 0 Å². The molecule has 1 aliphatic heterocycles. The summed E-state index contributed by atoms with van der Waals surface area (Å²) in [5, 5.41) is 16.2. The van der Waals surface area contributed by atoms with Gasteiger partial charge in [-0.25, -0.2) is 8.78 Å². The zero-order chi connectivity index (χ0) is 19.8. The fourth-order valence-corrected chi connectivity index (χ4v) is 4.62. The van der Waals surface area contributed by atoms with Crippen LogP contribution in [0.4, 0.5) is 14.5 Å². The number of nitrogens with one attached hydrogen (secondary N) is 2. The number of thiophene rings is 1. The van der Waals surface area contributed by atoms with Crippen LogP contribution in [0, 0.1) is 22.5 Å². The first-order chi connectivity index (χ1) is 13.5. The average molecular weight is 462 g/mol. The maximum atomic E-state index is 14.2. The quantitative estimate of drug-likeness (QED) is 0.380. The molecule has 0 radical (unpaired) electrons. The molecule has 2 heterocycles. The van der Waals surface area contributed by atoms with Crippen molar-refractivity contribution in [3.63, 3.8) is 0 Å². The number of halogens is 3. The van der Waals surface area contributed by atoms with Crippen molar-refractivity contribution in [2.24, 2.45) is 0 Å². The summed E-state index contributed by atoms with van der Waals surface area (Å²) in [6.07, 6.45) is 1.54. The molecule has 2 N–H and O–H groups in total. The summed E-state index contributed by atoms with van der Waals surface area (Å²) in [5.41, 5.74) is 1.92. The molecular weight excluding hydrogens is 448 g/mol. The maximum absolute atomic E-state index is 14.2. The van der Waals surface area contributed by atoms with Crippen LogP contribution in [0.1, 0.15) is 10.4 Å². The van der Waals surface area contributed by atoms with E-state index in [0.717, 1.165) is 49.6 Å². The molecule has 2 aromatic carbocycles. The highest BCUT2D eigenvalue weighted by molar-refractivity contribution is 9.10. The number of benzene rings is 2. The fraction of sp³-hybridized carbons (Fsp3) is 0.100. The standard InChI is InChI=1S/C20H14BrF2N3OS/c21-12-1-4-17-14(8-12)19-11(5-6-27-17)7-18(28-19)20(25)26(10-24)16-3-2-13(22)9-15(16)23/h1-4,7-10,24-25H,5-6H2. The summed E-state index contributed by atoms with van der Waals surface area (Å²) < 4.78 is 34.1. The van der Waals surface area contributed by atoms with E-state index < -0.39 is 11.6 Å². The highest BCUT2D eigenvalue weighted by atomic mass is 79.9. The Morgan fingerprint density at radius 2 is 2.00 bits per heavy atom. The number of ether oxygens (including phenoxy) is 1. The van der Waals surface area contributed by atoms with Crippen LogP contribution >= 0.6 is 27.3 Å². The molecular formula is C20H14BrF2N3OS. The summed E-state index contributed by atoms with van der Waals surface area (Å²) in [6.45, 7) is 0.520. The summed E-state index contributed by atoms with van der Waals surface area (Å²) in [4.78, 5) is 2.67. The Morgan fingerprint density at radius 1 is 1.18 bits per heavy atom. The Balaban J connectivity index is 1.76. The molecule has 0 atom stereocenters. The molecule has 0 unspecified atom stereocenters. The van der Waals surface area contributed by atoms with Crippen LogP contribution in [0.5, 0.6) is 5.75 Å². The molecule has 1 aliphatic rings. The highest BCUT2D eigenvalue weighted by Crippen LogP contribution is 2.42. The lowest BCUT2D eigenvalue weighted by molar-refractivity contribution is 0.326. The van der Waals surface area contributed by atoms with Gasteiger partial charge in [-0.3, -0.25) is 15.7 Å². The number of anilines is 1. The molecule has 0 saturated heterocycles. The summed E-state index contributed by atoms with van der Waals surface area (Å²) in [5.74, 6) is -0.803. The Labute approximate surface area is 172 Å². The molecule has 0 fully saturated rings. The van der Waals surface area contributed by atoms with E-state index in [1.807, 2.05) is 24.3 Å². The third-order valence-electron chi connectivity index (χ3n) is 4.40. The number of amidine groups is 1. The largest absolute Gasteiger partial charge is 0.493 e. The Kier molecular flexibility index (Phi) is 4.99. The van der Waals surface area contributed by atoms with Gasteiger partial charge in [0.15, 0.2) is 0 Å². The van der Waals surface area contributed by atoms with Crippen molar-refractivity contribution in [3.8, 4) is 16.2 Å². The van der Waals surface area contributed by atoms with Crippen LogP contribution in [0.25, 0.3) is 10.4 Å². The van der Waals surface area contributed by atoms with E-state index in [1.165, 1.54) is 17.4 Å². The lowest BCUT2D eigenvalue weighted by atomic mass is 10.1. The Morgan fingerprint density at radius 3 is 2.75 bits per heavy atom. The first-order valence-electron chi connectivity index (χ1n) is 8.37. The number of hydrogen-bond acceptors (Lipinski definition) is 4. The summed E-state index contributed by atoms with van der Waals surface area (Å²) in [7, 11) is 0. The van der Waals surface area contributed by atoms with Gasteiger partial charge in [0.25, 0.3) is 0 Å². The molecule has 142 valence electrons. The normalized spacial score (nSPS) is 12.4. The smallest absolute Gasteiger partial charge is 0.150 e. The van der Waals surface area contributed by atoms with Crippen LogP contribution in [-0.4, -0.2) is 18.8 Å². The molecule has 4 rings (SSSR count). The zero-order valence-corrected chi connectivity index (χ0v) is 16.8. The topological polar surface area (TPSA) is 60.2 Å². The lowest BCUT2D eigenvalue weighted by Gasteiger charge is -2.19. The third kappa shape index (κ3) is 3.33. The molecule has 0 bridgehead atoms. The van der Waals surface area contributed by atoms with E-state index in [9.17, 15) is 8.78 Å². The maximum Gasteiger partial charge on any atom is 0.150 e. The van der Waals surface area contributed by atoms with Crippen molar-refractivity contribution in [1.82, 2.24) is 0 Å². The van der Waals surface area contributed by atoms with Crippen molar-refractivity contribution in [2.75, 3.05) is 11.5 Å². The molecule has 1 aromatic heterocycles. The van der Waals surface area contributed by atoms with E-state index in [2.05, 4.69) is 15.9 Å². The SMILES string of the molecule is N=CN(C(=N)c1cc2c(s1)-c1cc(Br)ccc1OCC2)c1ccc(F)cc1F. The minimum atomic E-state index is -0.825. The van der Waals surface area contributed by atoms with Crippen molar-refractivity contribution >= 4 is 45.1 Å². The molecule has 3 aromatic rings. The van der Waals surface area contributed by atoms with Crippen LogP contribution in [-0.2, 0) is 6.42 Å². The molecule has 0 saturated carbocycles. The van der Waals surface area contributed by atoms with Crippen molar-refractivity contribution in [2.45, 2.75) is 6.42 Å². The first kappa shape index (κ1) is 18.8. The van der Waals surface area contributed by atoms with Gasteiger partial charge >= 0.3 is 0 Å².